The number of aliphatic hydroxyl groups excluding tert-OH is 1. The first-order valence-electron chi connectivity index (χ1n) is 11.4. The van der Waals surface area contributed by atoms with Gasteiger partial charge in [-0.25, -0.2) is 4.79 Å². The molecule has 0 aliphatic carbocycles. The van der Waals surface area contributed by atoms with Crippen LogP contribution in [-0.2, 0) is 14.4 Å². The molecule has 0 radical (unpaired) electrons. The number of carbonyl (C=O) groups is 5. The number of H-pyrrole nitrogens is 1. The van der Waals surface area contributed by atoms with Gasteiger partial charge in [0.2, 0.25) is 5.91 Å². The van der Waals surface area contributed by atoms with Crippen LogP contribution >= 0.6 is 0 Å². The molecular weight excluding hydrogens is 482 g/mol. The van der Waals surface area contributed by atoms with Crippen molar-refractivity contribution in [1.82, 2.24) is 14.8 Å². The molecule has 2 unspecified atom stereocenters. The summed E-state index contributed by atoms with van der Waals surface area (Å²) in [4.78, 5) is 67.7. The maximum absolute atomic E-state index is 13.1. The van der Waals surface area contributed by atoms with Crippen molar-refractivity contribution in [2.45, 2.75) is 12.1 Å². The Bertz CT molecular complexity index is 1360. The molecule has 0 spiro atoms. The third-order valence-electron chi connectivity index (χ3n) is 6.18. The molecule has 1 aliphatic rings. The number of hydrogen-bond donors (Lipinski definition) is 5. The van der Waals surface area contributed by atoms with Crippen LogP contribution in [0.5, 0.6) is 0 Å². The Hall–Kier alpha value is -4.55. The van der Waals surface area contributed by atoms with Crippen LogP contribution in [0.3, 0.4) is 0 Å². The minimum absolute atomic E-state index is 0.0914. The number of nitrogens with two attached hydrogens (primary N) is 1. The summed E-state index contributed by atoms with van der Waals surface area (Å²) >= 11 is 0. The van der Waals surface area contributed by atoms with Gasteiger partial charge >= 0.3 is 5.97 Å². The Kier molecular flexibility index (Phi) is 7.32. The van der Waals surface area contributed by atoms with Crippen LogP contribution < -0.4 is 11.1 Å². The number of Topliss-reactive ketones (excluding diaryl/α,β-unsaturated/α-hetero) is 1. The van der Waals surface area contributed by atoms with E-state index in [0.29, 0.717) is 29.6 Å². The summed E-state index contributed by atoms with van der Waals surface area (Å²) in [5, 5.41) is 21.2. The number of aromatic nitrogens is 1. The van der Waals surface area contributed by atoms with Crippen LogP contribution in [0.4, 0.5) is 5.69 Å². The van der Waals surface area contributed by atoms with Gasteiger partial charge in [0.05, 0.1) is 16.8 Å². The molecule has 3 aromatic rings. The van der Waals surface area contributed by atoms with Gasteiger partial charge in [-0.2, -0.15) is 0 Å². The Morgan fingerprint density at radius 1 is 0.919 bits per heavy atom. The number of para-hydroxylation sites is 1. The molecule has 1 fully saturated rings. The molecule has 4 rings (SSSR count). The Labute approximate surface area is 210 Å². The van der Waals surface area contributed by atoms with Gasteiger partial charge in [-0.3, -0.25) is 19.2 Å². The molecule has 2 heterocycles. The fourth-order valence-electron chi connectivity index (χ4n) is 4.09. The number of rotatable bonds is 7. The molecule has 6 N–H and O–H groups in total. The second kappa shape index (κ2) is 10.6. The number of carbonyl (C=O) groups excluding carboxylic acids is 4. The van der Waals surface area contributed by atoms with Crippen LogP contribution in [0.1, 0.15) is 20.7 Å². The molecule has 0 bridgehead atoms. The molecule has 192 valence electrons. The molecule has 12 heteroatoms. The lowest BCUT2D eigenvalue weighted by atomic mass is 10.1. The number of nitrogens with one attached hydrogen (secondary N) is 2. The number of aromatic amines is 1. The maximum atomic E-state index is 13.1. The molecule has 3 amide bonds. The normalized spacial score (nSPS) is 15.2. The zero-order valence-corrected chi connectivity index (χ0v) is 19.6. The molecule has 2 atom stereocenters. The van der Waals surface area contributed by atoms with Crippen molar-refractivity contribution in [3.63, 3.8) is 0 Å². The van der Waals surface area contributed by atoms with Gasteiger partial charge in [-0.05, 0) is 18.2 Å². The number of nitrogens with zero attached hydrogens (tertiary/aromatic N) is 2. The van der Waals surface area contributed by atoms with E-state index in [4.69, 9.17) is 10.8 Å². The van der Waals surface area contributed by atoms with Crippen molar-refractivity contribution in [1.29, 1.82) is 0 Å². The first-order chi connectivity index (χ1) is 17.7. The van der Waals surface area contributed by atoms with Gasteiger partial charge in [0.15, 0.2) is 6.10 Å². The zero-order chi connectivity index (χ0) is 26.7. The molecule has 1 aliphatic heterocycles. The fraction of sp³-hybridized carbons (Fsp3) is 0.240. The molecule has 37 heavy (non-hydrogen) atoms. The molecule has 0 saturated carbocycles. The van der Waals surface area contributed by atoms with Crippen LogP contribution in [0, 0.1) is 0 Å². The van der Waals surface area contributed by atoms with Crippen LogP contribution in [0.2, 0.25) is 0 Å². The number of carboxylic acids is 1. The van der Waals surface area contributed by atoms with Crippen molar-refractivity contribution in [3.8, 4) is 0 Å². The van der Waals surface area contributed by atoms with E-state index in [1.807, 2.05) is 6.07 Å². The number of carboxylic acid groups (broad SMARTS) is 1. The Morgan fingerprint density at radius 3 is 2.22 bits per heavy atom. The highest BCUT2D eigenvalue weighted by Gasteiger charge is 2.31. The number of aliphatic carboxylic acids is 1. The van der Waals surface area contributed by atoms with Gasteiger partial charge in [0.1, 0.15) is 6.04 Å². The number of aliphatic hydroxyl groups is 1. The monoisotopic (exact) mass is 507 g/mol. The number of benzene rings is 2. The number of hydrogen-bond acceptors (Lipinski definition) is 7. The van der Waals surface area contributed by atoms with Crippen molar-refractivity contribution in [3.05, 3.63) is 65.9 Å². The second-order valence-corrected chi connectivity index (χ2v) is 8.51. The number of anilines is 1. The average molecular weight is 508 g/mol. The van der Waals surface area contributed by atoms with E-state index >= 15 is 0 Å². The van der Waals surface area contributed by atoms with Crippen molar-refractivity contribution in [2.24, 2.45) is 5.73 Å². The van der Waals surface area contributed by atoms with E-state index in [9.17, 15) is 29.1 Å². The van der Waals surface area contributed by atoms with Crippen LogP contribution in [-0.4, -0.2) is 92.8 Å². The summed E-state index contributed by atoms with van der Waals surface area (Å²) in [6.45, 7) is 0.992. The van der Waals surface area contributed by atoms with E-state index in [0.717, 1.165) is 0 Å². The maximum Gasteiger partial charge on any atom is 0.334 e. The Balaban J connectivity index is 1.44. The summed E-state index contributed by atoms with van der Waals surface area (Å²) < 4.78 is 0. The van der Waals surface area contributed by atoms with E-state index in [-0.39, 0.29) is 30.2 Å². The summed E-state index contributed by atoms with van der Waals surface area (Å²) in [5.74, 6) is -4.19. The van der Waals surface area contributed by atoms with E-state index in [2.05, 4.69) is 10.3 Å². The largest absolute Gasteiger partial charge is 0.479 e. The summed E-state index contributed by atoms with van der Waals surface area (Å²) in [5.41, 5.74) is 6.67. The minimum Gasteiger partial charge on any atom is -0.479 e. The van der Waals surface area contributed by atoms with Crippen molar-refractivity contribution < 1.29 is 34.2 Å². The van der Waals surface area contributed by atoms with Gasteiger partial charge in [0.25, 0.3) is 17.6 Å². The smallest absolute Gasteiger partial charge is 0.334 e. The van der Waals surface area contributed by atoms with Crippen molar-refractivity contribution in [2.75, 3.05) is 31.5 Å². The highest BCUT2D eigenvalue weighted by Crippen LogP contribution is 2.26. The number of piperazine rings is 1. The lowest BCUT2D eigenvalue weighted by Crippen LogP contribution is -2.52. The lowest BCUT2D eigenvalue weighted by Gasteiger charge is -2.34. The Morgan fingerprint density at radius 2 is 1.57 bits per heavy atom. The van der Waals surface area contributed by atoms with E-state index < -0.39 is 35.7 Å². The predicted octanol–water partition coefficient (Wildman–Crippen LogP) is 0.0465. The SMILES string of the molecule is NC(C(=O)Nc1cccc2c(C(=O)C(=O)N3CCN(C(=O)c4ccccc4)CC3)c[nH]c12)C(O)C(=O)O. The number of fused-ring (bicyclic) bond motifs is 1. The average Bonchev–Trinajstić information content (AvgIpc) is 3.36. The standard InChI is InChI=1S/C25H25N5O7/c26-18(21(32)25(36)37)22(33)28-17-8-4-7-15-16(13-27-19(15)17)20(31)24(35)30-11-9-29(10-12-30)23(34)14-5-2-1-3-6-14/h1-8,13,18,21,27,32H,9-12,26H2,(H,28,33)(H,36,37). The van der Waals surface area contributed by atoms with E-state index in [1.54, 1.807) is 41.3 Å². The molecular formula is C25H25N5O7. The summed E-state index contributed by atoms with van der Waals surface area (Å²) in [7, 11) is 0. The highest BCUT2D eigenvalue weighted by atomic mass is 16.4. The third kappa shape index (κ3) is 5.20. The number of ketones is 1. The summed E-state index contributed by atoms with van der Waals surface area (Å²) in [6, 6.07) is 11.7. The minimum atomic E-state index is -2.10. The van der Waals surface area contributed by atoms with Gasteiger partial charge < -0.3 is 36.0 Å². The van der Waals surface area contributed by atoms with Gasteiger partial charge in [-0.15, -0.1) is 0 Å². The van der Waals surface area contributed by atoms with Crippen LogP contribution in [0.15, 0.2) is 54.7 Å². The third-order valence-corrected chi connectivity index (χ3v) is 6.18. The zero-order valence-electron chi connectivity index (χ0n) is 19.6. The van der Waals surface area contributed by atoms with Gasteiger partial charge in [-0.1, -0.05) is 30.3 Å². The van der Waals surface area contributed by atoms with Gasteiger partial charge in [0, 0.05) is 43.3 Å². The lowest BCUT2D eigenvalue weighted by molar-refractivity contribution is -0.149. The van der Waals surface area contributed by atoms with Crippen LogP contribution in [0.25, 0.3) is 10.9 Å². The molecule has 12 nitrogen and oxygen atoms in total. The quantitative estimate of drug-likeness (QED) is 0.219. The highest BCUT2D eigenvalue weighted by molar-refractivity contribution is 6.45. The molecule has 1 aromatic heterocycles. The van der Waals surface area contributed by atoms with Crippen molar-refractivity contribution >= 4 is 46.1 Å². The molecule has 1 saturated heterocycles. The molecule has 2 aromatic carbocycles. The predicted molar refractivity (Wildman–Crippen MR) is 132 cm³/mol. The number of amides is 3. The summed E-state index contributed by atoms with van der Waals surface area (Å²) in [6.07, 6.45) is -0.747. The first kappa shape index (κ1) is 25.5. The second-order valence-electron chi connectivity index (χ2n) is 8.51. The fourth-order valence-corrected chi connectivity index (χ4v) is 4.09. The van der Waals surface area contributed by atoms with E-state index in [1.165, 1.54) is 17.2 Å². The topological polar surface area (TPSA) is 186 Å². The first-order valence-corrected chi connectivity index (χ1v) is 11.4.